The molecule has 2 N–H and O–H groups in total. The van der Waals surface area contributed by atoms with Crippen molar-refractivity contribution >= 4 is 26.6 Å². The van der Waals surface area contributed by atoms with Crippen LogP contribution in [0.4, 0.5) is 13.2 Å². The van der Waals surface area contributed by atoms with E-state index in [1.165, 1.54) is 34.9 Å². The van der Waals surface area contributed by atoms with E-state index in [0.717, 1.165) is 17.7 Å². The van der Waals surface area contributed by atoms with E-state index in [0.29, 0.717) is 11.1 Å². The molecule has 1 amide bonds. The highest BCUT2D eigenvalue weighted by atomic mass is 32.2. The van der Waals surface area contributed by atoms with Gasteiger partial charge in [0, 0.05) is 24.9 Å². The molecule has 198 valence electrons. The molecule has 0 bridgehead atoms. The van der Waals surface area contributed by atoms with Crippen molar-refractivity contribution in [2.24, 2.45) is 0 Å². The van der Waals surface area contributed by atoms with Gasteiger partial charge in [0.05, 0.1) is 30.3 Å². The number of fused-ring (bicyclic) bond motifs is 1. The molecule has 0 radical (unpaired) electrons. The highest BCUT2D eigenvalue weighted by Crippen LogP contribution is 2.30. The molecule has 1 aliphatic heterocycles. The molecule has 1 fully saturated rings. The maximum absolute atomic E-state index is 14.9. The summed E-state index contributed by atoms with van der Waals surface area (Å²) in [6, 6.07) is 9.05. The number of benzene rings is 2. The largest absolute Gasteiger partial charge is 0.299 e. The van der Waals surface area contributed by atoms with E-state index in [1.54, 1.807) is 18.2 Å². The number of aryl methyl sites for hydroxylation is 1. The van der Waals surface area contributed by atoms with Crippen LogP contribution in [0.15, 0.2) is 47.5 Å². The van der Waals surface area contributed by atoms with Crippen LogP contribution in [0.25, 0.3) is 22.0 Å². The predicted molar refractivity (Wildman–Crippen MR) is 129 cm³/mol. The van der Waals surface area contributed by atoms with Gasteiger partial charge >= 0.3 is 0 Å². The van der Waals surface area contributed by atoms with Crippen molar-refractivity contribution in [1.29, 1.82) is 0 Å². The van der Waals surface area contributed by atoms with Crippen LogP contribution in [0.5, 0.6) is 0 Å². The lowest BCUT2D eigenvalue weighted by atomic mass is 10.0. The third-order valence-electron chi connectivity index (χ3n) is 6.72. The Morgan fingerprint density at radius 1 is 1.22 bits per heavy atom. The molecule has 0 aliphatic carbocycles. The number of carbonyl (C=O) groups is 1. The highest BCUT2D eigenvalue weighted by molar-refractivity contribution is 7.92. The van der Waals surface area contributed by atoms with Crippen LogP contribution in [0, 0.1) is 5.82 Å². The summed E-state index contributed by atoms with van der Waals surface area (Å²) >= 11 is 0. The number of halogens is 3. The smallest absolute Gasteiger partial charge is 0.272 e. The second-order valence-electron chi connectivity index (χ2n) is 9.48. The molecule has 1 aromatic heterocycles. The topological polar surface area (TPSA) is 122 Å². The Kier molecular flexibility index (Phi) is 6.90. The van der Waals surface area contributed by atoms with E-state index in [9.17, 15) is 31.2 Å². The minimum atomic E-state index is -3.93. The minimum Gasteiger partial charge on any atom is -0.299 e. The zero-order chi connectivity index (χ0) is 27.2. The van der Waals surface area contributed by atoms with E-state index >= 15 is 0 Å². The molecule has 3 aromatic rings. The van der Waals surface area contributed by atoms with Crippen LogP contribution < -0.4 is 11.0 Å². The van der Waals surface area contributed by atoms with Crippen LogP contribution in [0.2, 0.25) is 0 Å². The Balaban J connectivity index is 1.56. The average molecular weight is 539 g/mol. The number of aromatic nitrogens is 2. The molecule has 1 saturated heterocycles. The first kappa shape index (κ1) is 26.8. The standard InChI is InChI=1S/C24H25F3N4O5S/c1-23(22(33)29-34,37(2,35)36)7-8-31-14-28-20-10-16(4-6-18(20)21(31)32)17-5-3-15(9-19(17)25)11-30-12-24(26,27)13-30/h3-6,9-10,14,34H,7-8,11-13H2,1-2H3,(H,29,33). The molecule has 0 saturated carbocycles. The second-order valence-corrected chi connectivity index (χ2v) is 11.9. The van der Waals surface area contributed by atoms with E-state index in [1.807, 2.05) is 0 Å². The lowest BCUT2D eigenvalue weighted by molar-refractivity contribution is -0.134. The number of alkyl halides is 2. The van der Waals surface area contributed by atoms with Crippen LogP contribution in [-0.4, -0.2) is 64.0 Å². The van der Waals surface area contributed by atoms with Crippen LogP contribution in [0.3, 0.4) is 0 Å². The summed E-state index contributed by atoms with van der Waals surface area (Å²) in [4.78, 5) is 30.7. The lowest BCUT2D eigenvalue weighted by Crippen LogP contribution is -2.55. The Bertz CT molecular complexity index is 1540. The molecule has 2 heterocycles. The summed E-state index contributed by atoms with van der Waals surface area (Å²) in [6.07, 6.45) is 1.77. The Morgan fingerprint density at radius 2 is 1.92 bits per heavy atom. The molecule has 1 atom stereocenters. The number of nitrogens with one attached hydrogen (secondary N) is 1. The molecular weight excluding hydrogens is 513 g/mol. The summed E-state index contributed by atoms with van der Waals surface area (Å²) in [5.74, 6) is -4.35. The van der Waals surface area contributed by atoms with Crippen molar-refractivity contribution in [3.05, 3.63) is 64.5 Å². The van der Waals surface area contributed by atoms with Gasteiger partial charge in [-0.2, -0.15) is 0 Å². The Hall–Kier alpha value is -3.29. The van der Waals surface area contributed by atoms with Gasteiger partial charge in [0.15, 0.2) is 14.6 Å². The van der Waals surface area contributed by atoms with Gasteiger partial charge in [-0.15, -0.1) is 0 Å². The number of nitrogens with zero attached hydrogens (tertiary/aromatic N) is 3. The first-order valence-electron chi connectivity index (χ1n) is 11.3. The molecule has 37 heavy (non-hydrogen) atoms. The zero-order valence-corrected chi connectivity index (χ0v) is 20.9. The molecule has 1 unspecified atom stereocenters. The van der Waals surface area contributed by atoms with E-state index in [2.05, 4.69) is 4.98 Å². The van der Waals surface area contributed by atoms with Gasteiger partial charge in [-0.1, -0.05) is 18.2 Å². The van der Waals surface area contributed by atoms with Gasteiger partial charge in [0.25, 0.3) is 17.4 Å². The van der Waals surface area contributed by atoms with Crippen molar-refractivity contribution < 1.29 is 31.6 Å². The Labute approximate surface area is 210 Å². The number of hydrogen-bond donors (Lipinski definition) is 2. The van der Waals surface area contributed by atoms with Gasteiger partial charge < -0.3 is 0 Å². The molecule has 2 aromatic carbocycles. The summed E-state index contributed by atoms with van der Waals surface area (Å²) in [7, 11) is -3.93. The molecule has 9 nitrogen and oxygen atoms in total. The Morgan fingerprint density at radius 3 is 2.51 bits per heavy atom. The fraction of sp³-hybridized carbons (Fsp3) is 0.375. The van der Waals surface area contributed by atoms with Gasteiger partial charge in [-0.3, -0.25) is 24.3 Å². The van der Waals surface area contributed by atoms with Crippen LogP contribution >= 0.6 is 0 Å². The maximum Gasteiger partial charge on any atom is 0.272 e. The number of rotatable bonds is 8. The number of carbonyl (C=O) groups excluding carboxylic acids is 1. The van der Waals surface area contributed by atoms with Crippen molar-refractivity contribution in [2.45, 2.75) is 37.1 Å². The van der Waals surface area contributed by atoms with E-state index in [4.69, 9.17) is 5.21 Å². The summed E-state index contributed by atoms with van der Waals surface area (Å²) in [6.45, 7) is 0.487. The predicted octanol–water partition coefficient (Wildman–Crippen LogP) is 2.35. The van der Waals surface area contributed by atoms with Crippen molar-refractivity contribution in [2.75, 3.05) is 19.3 Å². The third-order valence-corrected chi connectivity index (χ3v) is 8.74. The maximum atomic E-state index is 14.9. The molecule has 1 aliphatic rings. The van der Waals surface area contributed by atoms with E-state index < -0.39 is 37.8 Å². The fourth-order valence-corrected chi connectivity index (χ4v) is 5.12. The lowest BCUT2D eigenvalue weighted by Gasteiger charge is -2.38. The number of likely N-dealkylation sites (tertiary alicyclic amines) is 1. The quantitative estimate of drug-likeness (QED) is 0.334. The molecule has 13 heteroatoms. The number of hydroxylamine groups is 1. The average Bonchev–Trinajstić information content (AvgIpc) is 2.81. The summed E-state index contributed by atoms with van der Waals surface area (Å²) in [5.41, 5.74) is 2.43. The van der Waals surface area contributed by atoms with E-state index in [-0.39, 0.29) is 49.1 Å². The third kappa shape index (κ3) is 5.24. The number of hydrogen-bond acceptors (Lipinski definition) is 7. The summed E-state index contributed by atoms with van der Waals surface area (Å²) in [5, 5.41) is 9.16. The van der Waals surface area contributed by atoms with Gasteiger partial charge in [-0.25, -0.2) is 32.1 Å². The molecular formula is C24H25F3N4O5S. The van der Waals surface area contributed by atoms with Crippen molar-refractivity contribution in [3.8, 4) is 11.1 Å². The summed E-state index contributed by atoms with van der Waals surface area (Å²) < 4.78 is 64.4. The number of sulfone groups is 1. The van der Waals surface area contributed by atoms with Crippen LogP contribution in [0.1, 0.15) is 18.9 Å². The normalized spacial score (nSPS) is 17.2. The van der Waals surface area contributed by atoms with Gasteiger partial charge in [-0.05, 0) is 42.7 Å². The van der Waals surface area contributed by atoms with Gasteiger partial charge in [0.2, 0.25) is 0 Å². The SMILES string of the molecule is CC(CCn1cnc2cc(-c3ccc(CN4CC(F)(F)C4)cc3F)ccc2c1=O)(C(=O)NO)S(C)(=O)=O. The molecule has 4 rings (SSSR count). The second kappa shape index (κ2) is 9.54. The highest BCUT2D eigenvalue weighted by Gasteiger charge is 2.44. The zero-order valence-electron chi connectivity index (χ0n) is 20.0. The van der Waals surface area contributed by atoms with Crippen LogP contribution in [-0.2, 0) is 27.7 Å². The monoisotopic (exact) mass is 538 g/mol. The van der Waals surface area contributed by atoms with Crippen molar-refractivity contribution in [1.82, 2.24) is 19.9 Å². The first-order chi connectivity index (χ1) is 17.2. The number of amides is 1. The fourth-order valence-electron chi connectivity index (χ4n) is 4.27. The minimum absolute atomic E-state index is 0.167. The van der Waals surface area contributed by atoms with Crippen molar-refractivity contribution in [3.63, 3.8) is 0 Å². The van der Waals surface area contributed by atoms with Gasteiger partial charge in [0.1, 0.15) is 5.82 Å². The molecule has 0 spiro atoms. The first-order valence-corrected chi connectivity index (χ1v) is 13.2.